The average Bonchev–Trinajstić information content (AvgIpc) is 3.33. The molecule has 4 heterocycles. The van der Waals surface area contributed by atoms with E-state index in [-0.39, 0.29) is 23.3 Å². The van der Waals surface area contributed by atoms with Crippen LogP contribution < -0.4 is 9.64 Å². The summed E-state index contributed by atoms with van der Waals surface area (Å²) in [5, 5.41) is 19.4. The summed E-state index contributed by atoms with van der Waals surface area (Å²) in [7, 11) is 0. The van der Waals surface area contributed by atoms with Crippen molar-refractivity contribution < 1.29 is 24.1 Å². The van der Waals surface area contributed by atoms with Crippen LogP contribution in [0.1, 0.15) is 45.1 Å². The number of ether oxygens (including phenoxy) is 3. The Bertz CT molecular complexity index is 1310. The molecule has 0 amide bonds. The Morgan fingerprint density at radius 3 is 2.51 bits per heavy atom. The maximum atomic E-state index is 11.3. The van der Waals surface area contributed by atoms with E-state index < -0.39 is 5.97 Å². The van der Waals surface area contributed by atoms with Gasteiger partial charge in [0.1, 0.15) is 27.5 Å². The summed E-state index contributed by atoms with van der Waals surface area (Å²) in [5.41, 5.74) is 4.59. The van der Waals surface area contributed by atoms with Crippen molar-refractivity contribution >= 4 is 34.6 Å². The van der Waals surface area contributed by atoms with Gasteiger partial charge in [-0.15, -0.1) is 11.3 Å². The Morgan fingerprint density at radius 2 is 1.86 bits per heavy atom. The number of carbonyl (C=O) groups is 1. The van der Waals surface area contributed by atoms with E-state index in [1.54, 1.807) is 0 Å². The highest BCUT2D eigenvalue weighted by atomic mass is 35.5. The molecule has 8 nitrogen and oxygen atoms in total. The standard InChI is InChI=1S/C27H26ClN3O5S/c28-25-19(13-24(37-25)27(32)33)16-36-26-22(15-29)21(17-5-9-34-10-6-17)14-23(30-26)18-1-3-20(4-2-18)31-7-11-35-12-8-31/h1-4,13-14,17H,5-12,16H2,(H,32,33). The summed E-state index contributed by atoms with van der Waals surface area (Å²) in [6, 6.07) is 14.0. The number of nitriles is 1. The summed E-state index contributed by atoms with van der Waals surface area (Å²) in [5.74, 6) is -0.667. The number of anilines is 1. The molecule has 3 aromatic rings. The number of halogens is 1. The highest BCUT2D eigenvalue weighted by Gasteiger charge is 2.25. The number of benzene rings is 1. The minimum absolute atomic E-state index is 0.0108. The normalized spacial score (nSPS) is 16.4. The third-order valence-corrected chi connectivity index (χ3v) is 8.09. The molecule has 2 aliphatic heterocycles. The molecule has 5 rings (SSSR count). The van der Waals surface area contributed by atoms with Crippen molar-refractivity contribution in [2.24, 2.45) is 0 Å². The molecule has 0 radical (unpaired) electrons. The molecule has 192 valence electrons. The fourth-order valence-corrected chi connectivity index (χ4v) is 5.75. The number of carboxylic acid groups (broad SMARTS) is 1. The van der Waals surface area contributed by atoms with E-state index in [1.807, 2.05) is 18.2 Å². The zero-order valence-electron chi connectivity index (χ0n) is 20.1. The van der Waals surface area contributed by atoms with Gasteiger partial charge in [0, 0.05) is 43.1 Å². The predicted molar refractivity (Wildman–Crippen MR) is 141 cm³/mol. The van der Waals surface area contributed by atoms with Crippen LogP contribution in [0.2, 0.25) is 4.34 Å². The lowest BCUT2D eigenvalue weighted by atomic mass is 9.88. The zero-order chi connectivity index (χ0) is 25.8. The van der Waals surface area contributed by atoms with Crippen molar-refractivity contribution in [2.45, 2.75) is 25.4 Å². The van der Waals surface area contributed by atoms with Crippen LogP contribution in [-0.2, 0) is 16.1 Å². The number of thiophene rings is 1. The highest BCUT2D eigenvalue weighted by Crippen LogP contribution is 2.37. The number of aromatic carboxylic acids is 1. The van der Waals surface area contributed by atoms with Gasteiger partial charge in [-0.3, -0.25) is 0 Å². The first-order chi connectivity index (χ1) is 18.0. The number of pyridine rings is 1. The number of nitrogens with zero attached hydrogens (tertiary/aromatic N) is 3. The summed E-state index contributed by atoms with van der Waals surface area (Å²) in [6.07, 6.45) is 1.62. The largest absolute Gasteiger partial charge is 0.477 e. The molecule has 0 unspecified atom stereocenters. The Kier molecular flexibility index (Phi) is 7.91. The molecule has 1 aromatic carbocycles. The Morgan fingerprint density at radius 1 is 1.16 bits per heavy atom. The summed E-state index contributed by atoms with van der Waals surface area (Å²) in [6.45, 7) is 4.44. The van der Waals surface area contributed by atoms with Crippen LogP contribution >= 0.6 is 22.9 Å². The van der Waals surface area contributed by atoms with Crippen molar-refractivity contribution in [1.29, 1.82) is 5.26 Å². The third-order valence-electron chi connectivity index (χ3n) is 6.66. The number of morpholine rings is 1. The molecule has 2 fully saturated rings. The fraction of sp³-hybridized carbons (Fsp3) is 0.370. The molecule has 0 bridgehead atoms. The molecule has 2 aliphatic rings. The lowest BCUT2D eigenvalue weighted by molar-refractivity contribution is 0.0702. The van der Waals surface area contributed by atoms with Gasteiger partial charge in [0.2, 0.25) is 5.88 Å². The lowest BCUT2D eigenvalue weighted by Gasteiger charge is -2.29. The fourth-order valence-electron chi connectivity index (χ4n) is 4.66. The Hall–Kier alpha value is -3.16. The summed E-state index contributed by atoms with van der Waals surface area (Å²) in [4.78, 5) is 18.5. The second kappa shape index (κ2) is 11.5. The minimum Gasteiger partial charge on any atom is -0.477 e. The smallest absolute Gasteiger partial charge is 0.345 e. The average molecular weight is 540 g/mol. The predicted octanol–water partition coefficient (Wildman–Crippen LogP) is 5.34. The zero-order valence-corrected chi connectivity index (χ0v) is 21.7. The molecular weight excluding hydrogens is 514 g/mol. The van der Waals surface area contributed by atoms with Crippen LogP contribution in [0.15, 0.2) is 36.4 Å². The first kappa shape index (κ1) is 25.5. The molecule has 37 heavy (non-hydrogen) atoms. The van der Waals surface area contributed by atoms with Gasteiger partial charge in [-0.25, -0.2) is 9.78 Å². The van der Waals surface area contributed by atoms with Crippen LogP contribution in [0.25, 0.3) is 11.3 Å². The SMILES string of the molecule is N#Cc1c(C2CCOCC2)cc(-c2ccc(N3CCOCC3)cc2)nc1OCc1cc(C(=O)O)sc1Cl. The summed E-state index contributed by atoms with van der Waals surface area (Å²) < 4.78 is 17.4. The maximum Gasteiger partial charge on any atom is 0.345 e. The van der Waals surface area contributed by atoms with E-state index in [4.69, 9.17) is 30.8 Å². The summed E-state index contributed by atoms with van der Waals surface area (Å²) >= 11 is 7.23. The molecular formula is C27H26ClN3O5S. The van der Waals surface area contributed by atoms with Crippen LogP contribution in [0.4, 0.5) is 5.69 Å². The van der Waals surface area contributed by atoms with E-state index in [9.17, 15) is 15.2 Å². The van der Waals surface area contributed by atoms with E-state index in [2.05, 4.69) is 23.1 Å². The molecule has 10 heteroatoms. The van der Waals surface area contributed by atoms with Gasteiger partial charge in [0.15, 0.2) is 0 Å². The Balaban J connectivity index is 1.48. The first-order valence-corrected chi connectivity index (χ1v) is 13.3. The molecule has 2 saturated heterocycles. The van der Waals surface area contributed by atoms with Crippen LogP contribution in [-0.4, -0.2) is 55.6 Å². The maximum absolute atomic E-state index is 11.3. The van der Waals surface area contributed by atoms with E-state index in [1.165, 1.54) is 6.07 Å². The topological polar surface area (TPSA) is 105 Å². The van der Waals surface area contributed by atoms with Gasteiger partial charge >= 0.3 is 5.97 Å². The second-order valence-corrected chi connectivity index (χ2v) is 10.6. The lowest BCUT2D eigenvalue weighted by Crippen LogP contribution is -2.36. The molecule has 0 aliphatic carbocycles. The van der Waals surface area contributed by atoms with Gasteiger partial charge in [0.05, 0.1) is 18.9 Å². The molecule has 1 N–H and O–H groups in total. The molecule has 2 aromatic heterocycles. The van der Waals surface area contributed by atoms with Gasteiger partial charge in [0.25, 0.3) is 0 Å². The first-order valence-electron chi connectivity index (χ1n) is 12.1. The monoisotopic (exact) mass is 539 g/mol. The van der Waals surface area contributed by atoms with Gasteiger partial charge < -0.3 is 24.2 Å². The number of hydrogen-bond donors (Lipinski definition) is 1. The van der Waals surface area contributed by atoms with E-state index >= 15 is 0 Å². The number of carboxylic acids is 1. The molecule has 0 atom stereocenters. The van der Waals surface area contributed by atoms with Gasteiger partial charge in [-0.2, -0.15) is 5.26 Å². The van der Waals surface area contributed by atoms with Gasteiger partial charge in [-0.1, -0.05) is 23.7 Å². The van der Waals surface area contributed by atoms with Crippen LogP contribution in [0.3, 0.4) is 0 Å². The van der Waals surface area contributed by atoms with Crippen LogP contribution in [0, 0.1) is 11.3 Å². The number of hydrogen-bond acceptors (Lipinski definition) is 8. The molecule has 0 spiro atoms. The highest BCUT2D eigenvalue weighted by molar-refractivity contribution is 7.18. The van der Waals surface area contributed by atoms with Crippen molar-refractivity contribution in [3.8, 4) is 23.2 Å². The third kappa shape index (κ3) is 5.73. The van der Waals surface area contributed by atoms with Crippen LogP contribution in [0.5, 0.6) is 5.88 Å². The van der Waals surface area contributed by atoms with Crippen molar-refractivity contribution in [1.82, 2.24) is 4.98 Å². The number of rotatable bonds is 7. The Labute approximate surface area is 224 Å². The minimum atomic E-state index is -1.04. The molecule has 0 saturated carbocycles. The van der Waals surface area contributed by atoms with Crippen molar-refractivity contribution in [3.05, 3.63) is 62.3 Å². The number of aromatic nitrogens is 1. The van der Waals surface area contributed by atoms with Crippen molar-refractivity contribution in [3.63, 3.8) is 0 Å². The van der Waals surface area contributed by atoms with E-state index in [0.717, 1.165) is 67.3 Å². The van der Waals surface area contributed by atoms with E-state index in [0.29, 0.717) is 34.4 Å². The quantitative estimate of drug-likeness (QED) is 0.429. The van der Waals surface area contributed by atoms with Crippen molar-refractivity contribution in [2.75, 3.05) is 44.4 Å². The van der Waals surface area contributed by atoms with Gasteiger partial charge in [-0.05, 0) is 48.6 Å². The second-order valence-electron chi connectivity index (χ2n) is 8.93.